The molecule has 7 rings (SSSR count). The molecule has 0 aliphatic carbocycles. The number of anilines is 2. The van der Waals surface area contributed by atoms with Crippen LogP contribution in [-0.2, 0) is 20.5 Å². The lowest BCUT2D eigenvalue weighted by Gasteiger charge is -2.43. The summed E-state index contributed by atoms with van der Waals surface area (Å²) in [6.07, 6.45) is 1.58. The molecular formula is C30H27N3O4. The number of hydrogen-bond acceptors (Lipinski definition) is 5. The molecule has 4 atom stereocenters. The van der Waals surface area contributed by atoms with Crippen molar-refractivity contribution in [1.82, 2.24) is 4.90 Å². The van der Waals surface area contributed by atoms with Gasteiger partial charge in [-0.2, -0.15) is 0 Å². The Hall–Kier alpha value is -3.97. The Morgan fingerprint density at radius 1 is 0.973 bits per heavy atom. The van der Waals surface area contributed by atoms with Crippen LogP contribution in [0.5, 0.6) is 5.75 Å². The van der Waals surface area contributed by atoms with Crippen molar-refractivity contribution >= 4 is 29.0 Å². The van der Waals surface area contributed by atoms with E-state index in [-0.39, 0.29) is 23.6 Å². The number of benzene rings is 3. The van der Waals surface area contributed by atoms with Gasteiger partial charge in [-0.1, -0.05) is 48.5 Å². The fourth-order valence-corrected chi connectivity index (χ4v) is 7.71. The van der Waals surface area contributed by atoms with E-state index in [1.807, 2.05) is 49.4 Å². The molecule has 2 fully saturated rings. The van der Waals surface area contributed by atoms with Crippen LogP contribution in [0.1, 0.15) is 39.9 Å². The van der Waals surface area contributed by atoms with E-state index in [2.05, 4.69) is 15.5 Å². The quantitative estimate of drug-likeness (QED) is 0.538. The van der Waals surface area contributed by atoms with Crippen LogP contribution in [0.15, 0.2) is 66.7 Å². The summed E-state index contributed by atoms with van der Waals surface area (Å²) in [5.41, 5.74) is 1.52. The first-order valence-electron chi connectivity index (χ1n) is 12.7. The molecule has 4 heterocycles. The van der Waals surface area contributed by atoms with Gasteiger partial charge in [0.25, 0.3) is 5.91 Å². The molecular weight excluding hydrogens is 466 g/mol. The molecule has 2 spiro atoms. The van der Waals surface area contributed by atoms with E-state index in [4.69, 9.17) is 4.74 Å². The molecule has 3 aromatic carbocycles. The Morgan fingerprint density at radius 2 is 1.76 bits per heavy atom. The molecule has 4 aliphatic heterocycles. The highest BCUT2D eigenvalue weighted by Crippen LogP contribution is 2.68. The number of rotatable bonds is 3. The highest BCUT2D eigenvalue weighted by atomic mass is 16.5. The molecule has 37 heavy (non-hydrogen) atoms. The third kappa shape index (κ3) is 2.48. The van der Waals surface area contributed by atoms with Gasteiger partial charge in [0.2, 0.25) is 5.91 Å². The topological polar surface area (TPSA) is 87.7 Å². The number of Topliss-reactive ketones (excluding diaryl/α,β-unsaturated/α-hetero) is 1. The molecule has 7 nitrogen and oxygen atoms in total. The van der Waals surface area contributed by atoms with Crippen LogP contribution in [0.3, 0.4) is 0 Å². The molecule has 186 valence electrons. The van der Waals surface area contributed by atoms with Crippen LogP contribution in [0.2, 0.25) is 0 Å². The van der Waals surface area contributed by atoms with Crippen LogP contribution in [-0.4, -0.2) is 42.2 Å². The third-order valence-electron chi connectivity index (χ3n) is 8.98. The first kappa shape index (κ1) is 22.2. The predicted octanol–water partition coefficient (Wildman–Crippen LogP) is 4.02. The summed E-state index contributed by atoms with van der Waals surface area (Å²) in [5, 5.41) is 6.21. The fraction of sp³-hybridized carbons (Fsp3) is 0.300. The van der Waals surface area contributed by atoms with Gasteiger partial charge in [0.1, 0.15) is 16.7 Å². The summed E-state index contributed by atoms with van der Waals surface area (Å²) in [6.45, 7) is 2.59. The van der Waals surface area contributed by atoms with Gasteiger partial charge < -0.3 is 15.4 Å². The molecule has 0 bridgehead atoms. The number of nitrogens with one attached hydrogen (secondary N) is 2. The first-order valence-corrected chi connectivity index (χ1v) is 12.7. The second-order valence-corrected chi connectivity index (χ2v) is 10.4. The van der Waals surface area contributed by atoms with Crippen LogP contribution in [0.25, 0.3) is 0 Å². The SMILES string of the molecule is COc1cccc(C(=O)[C@@H]2[C@H]3CCCN3[C@@]3(C(=O)Nc4c(C)cccc43)[C@]23C(=O)Nc2ccccc23)c1. The second-order valence-electron chi connectivity index (χ2n) is 10.4. The Labute approximate surface area is 214 Å². The van der Waals surface area contributed by atoms with E-state index in [1.165, 1.54) is 0 Å². The van der Waals surface area contributed by atoms with E-state index in [9.17, 15) is 14.4 Å². The fourth-order valence-electron chi connectivity index (χ4n) is 7.71. The van der Waals surface area contributed by atoms with E-state index in [0.717, 1.165) is 29.7 Å². The van der Waals surface area contributed by atoms with Gasteiger partial charge >= 0.3 is 0 Å². The number of para-hydroxylation sites is 2. The van der Waals surface area contributed by atoms with Crippen molar-refractivity contribution in [2.45, 2.75) is 36.8 Å². The number of fused-ring (bicyclic) bond motifs is 7. The number of aryl methyl sites for hydroxylation is 1. The zero-order valence-electron chi connectivity index (χ0n) is 20.7. The molecule has 0 saturated carbocycles. The van der Waals surface area contributed by atoms with Crippen LogP contribution >= 0.6 is 0 Å². The number of carbonyl (C=O) groups is 3. The van der Waals surface area contributed by atoms with Crippen molar-refractivity contribution in [3.63, 3.8) is 0 Å². The van der Waals surface area contributed by atoms with E-state index >= 15 is 0 Å². The minimum Gasteiger partial charge on any atom is -0.497 e. The first-order chi connectivity index (χ1) is 18.0. The van der Waals surface area contributed by atoms with E-state index < -0.39 is 16.9 Å². The number of carbonyl (C=O) groups excluding carboxylic acids is 3. The van der Waals surface area contributed by atoms with Gasteiger partial charge in [-0.15, -0.1) is 0 Å². The monoisotopic (exact) mass is 493 g/mol. The maximum Gasteiger partial charge on any atom is 0.251 e. The molecule has 0 unspecified atom stereocenters. The molecule has 4 aliphatic rings. The predicted molar refractivity (Wildman–Crippen MR) is 139 cm³/mol. The number of amides is 2. The summed E-state index contributed by atoms with van der Waals surface area (Å²) in [6, 6.07) is 20.2. The number of nitrogens with zero attached hydrogens (tertiary/aromatic N) is 1. The molecule has 7 heteroatoms. The smallest absolute Gasteiger partial charge is 0.251 e. The number of methoxy groups -OCH3 is 1. The summed E-state index contributed by atoms with van der Waals surface area (Å²) in [5.74, 6) is -0.867. The summed E-state index contributed by atoms with van der Waals surface area (Å²) in [4.78, 5) is 45.6. The van der Waals surface area contributed by atoms with Gasteiger partial charge in [0.15, 0.2) is 5.78 Å². The zero-order chi connectivity index (χ0) is 25.5. The molecule has 2 N–H and O–H groups in total. The minimum absolute atomic E-state index is 0.145. The Balaban J connectivity index is 1.58. The van der Waals surface area contributed by atoms with Gasteiger partial charge in [0.05, 0.1) is 13.0 Å². The molecule has 0 aromatic heterocycles. The zero-order valence-corrected chi connectivity index (χ0v) is 20.7. The standard InChI is InChI=1S/C30H27N3O4/c1-17-8-5-12-21-25(17)32-28(36)30(21)29(20-11-3-4-13-22(20)31-27(29)35)24(23-14-7-15-33(23)30)26(34)18-9-6-10-19(16-18)37-2/h3-6,8-13,16,23-24H,7,14-15H2,1-2H3,(H,31,35)(H,32,36)/t23-,24+,29+,30+/m1/s1. The maximum absolute atomic E-state index is 14.6. The van der Waals surface area contributed by atoms with E-state index in [0.29, 0.717) is 29.1 Å². The Kier molecular flexibility index (Phi) is 4.52. The molecule has 2 saturated heterocycles. The summed E-state index contributed by atoms with van der Waals surface area (Å²) < 4.78 is 5.41. The average Bonchev–Trinajstić information content (AvgIpc) is 3.63. The molecule has 2 amide bonds. The molecule has 0 radical (unpaired) electrons. The lowest BCUT2D eigenvalue weighted by Crippen LogP contribution is -2.62. The second kappa shape index (κ2) is 7.52. The van der Waals surface area contributed by atoms with E-state index in [1.54, 1.807) is 31.4 Å². The Bertz CT molecular complexity index is 1520. The maximum atomic E-state index is 14.6. The van der Waals surface area contributed by atoms with Crippen molar-refractivity contribution in [2.24, 2.45) is 5.92 Å². The Morgan fingerprint density at radius 3 is 2.59 bits per heavy atom. The van der Waals surface area contributed by atoms with Gasteiger partial charge in [-0.05, 0) is 55.6 Å². The van der Waals surface area contributed by atoms with Gasteiger partial charge in [0, 0.05) is 28.5 Å². The number of ether oxygens (including phenoxy) is 1. The minimum atomic E-state index is -1.43. The number of hydrogen-bond donors (Lipinski definition) is 2. The van der Waals surface area contributed by atoms with Crippen LogP contribution in [0, 0.1) is 12.8 Å². The summed E-state index contributed by atoms with van der Waals surface area (Å²) >= 11 is 0. The lowest BCUT2D eigenvalue weighted by molar-refractivity contribution is -0.137. The van der Waals surface area contributed by atoms with Crippen molar-refractivity contribution < 1.29 is 19.1 Å². The van der Waals surface area contributed by atoms with Crippen LogP contribution in [0.4, 0.5) is 11.4 Å². The van der Waals surface area contributed by atoms with Crippen LogP contribution < -0.4 is 15.4 Å². The normalized spacial score (nSPS) is 29.2. The lowest BCUT2D eigenvalue weighted by atomic mass is 9.57. The van der Waals surface area contributed by atoms with Crippen molar-refractivity contribution in [1.29, 1.82) is 0 Å². The molecule has 3 aromatic rings. The average molecular weight is 494 g/mol. The van der Waals surface area contributed by atoms with Crippen molar-refractivity contribution in [3.05, 3.63) is 89.0 Å². The van der Waals surface area contributed by atoms with Crippen molar-refractivity contribution in [2.75, 3.05) is 24.3 Å². The number of ketones is 1. The largest absolute Gasteiger partial charge is 0.497 e. The highest BCUT2D eigenvalue weighted by Gasteiger charge is 2.81. The van der Waals surface area contributed by atoms with Gasteiger partial charge in [-0.3, -0.25) is 19.3 Å². The third-order valence-corrected chi connectivity index (χ3v) is 8.98. The highest BCUT2D eigenvalue weighted by molar-refractivity contribution is 6.21. The van der Waals surface area contributed by atoms with Crippen molar-refractivity contribution in [3.8, 4) is 5.75 Å². The van der Waals surface area contributed by atoms with Gasteiger partial charge in [-0.25, -0.2) is 0 Å². The summed E-state index contributed by atoms with van der Waals surface area (Å²) in [7, 11) is 1.57.